The molecule has 132 valence electrons. The second kappa shape index (κ2) is 7.57. The van der Waals surface area contributed by atoms with Crippen molar-refractivity contribution >= 4 is 5.91 Å². The van der Waals surface area contributed by atoms with Crippen molar-refractivity contribution < 1.29 is 14.3 Å². The van der Waals surface area contributed by atoms with Crippen molar-refractivity contribution in [3.63, 3.8) is 0 Å². The predicted molar refractivity (Wildman–Crippen MR) is 96.8 cm³/mol. The normalized spacial score (nSPS) is 20.2. The molecule has 3 unspecified atom stereocenters. The van der Waals surface area contributed by atoms with E-state index < -0.39 is 6.10 Å². The van der Waals surface area contributed by atoms with Gasteiger partial charge in [-0.05, 0) is 38.7 Å². The lowest BCUT2D eigenvalue weighted by Crippen LogP contribution is -2.50. The molecule has 1 amide bonds. The summed E-state index contributed by atoms with van der Waals surface area (Å²) in [6, 6.07) is 17.6. The van der Waals surface area contributed by atoms with Crippen LogP contribution in [-0.4, -0.2) is 43.7 Å². The van der Waals surface area contributed by atoms with Gasteiger partial charge in [-0.2, -0.15) is 0 Å². The van der Waals surface area contributed by atoms with Crippen molar-refractivity contribution in [3.05, 3.63) is 60.2 Å². The van der Waals surface area contributed by atoms with Gasteiger partial charge in [0, 0.05) is 6.54 Å². The fourth-order valence-electron chi connectivity index (χ4n) is 2.98. The van der Waals surface area contributed by atoms with E-state index in [0.717, 1.165) is 5.56 Å². The zero-order chi connectivity index (χ0) is 17.8. The van der Waals surface area contributed by atoms with Crippen LogP contribution in [0.4, 0.5) is 0 Å². The number of hydrogen-bond donors (Lipinski definition) is 1. The SMILES string of the molecule is CC1Oc2ccccc2OC1C(=O)NCC(c1ccccc1)N(C)C. The van der Waals surface area contributed by atoms with Gasteiger partial charge in [-0.15, -0.1) is 0 Å². The van der Waals surface area contributed by atoms with E-state index in [1.54, 1.807) is 0 Å². The number of hydrogen-bond acceptors (Lipinski definition) is 4. The Morgan fingerprint density at radius 1 is 1.04 bits per heavy atom. The van der Waals surface area contributed by atoms with E-state index in [-0.39, 0.29) is 18.1 Å². The largest absolute Gasteiger partial charge is 0.482 e. The number of rotatable bonds is 5. The van der Waals surface area contributed by atoms with Crippen molar-refractivity contribution in [2.24, 2.45) is 0 Å². The molecule has 0 aliphatic carbocycles. The molecule has 25 heavy (non-hydrogen) atoms. The third-order valence-corrected chi connectivity index (χ3v) is 4.38. The third-order valence-electron chi connectivity index (χ3n) is 4.38. The number of fused-ring (bicyclic) bond motifs is 1. The van der Waals surface area contributed by atoms with E-state index in [1.165, 1.54) is 0 Å². The quantitative estimate of drug-likeness (QED) is 0.909. The standard InChI is InChI=1S/C20H24N2O3/c1-14-19(25-18-12-8-7-11-17(18)24-14)20(23)21-13-16(22(2)3)15-9-5-4-6-10-15/h4-12,14,16,19H,13H2,1-3H3,(H,21,23). The second-order valence-corrected chi connectivity index (χ2v) is 6.44. The van der Waals surface area contributed by atoms with Gasteiger partial charge in [0.15, 0.2) is 11.5 Å². The maximum Gasteiger partial charge on any atom is 0.265 e. The summed E-state index contributed by atoms with van der Waals surface area (Å²) in [5, 5.41) is 3.01. The number of benzene rings is 2. The molecule has 1 N–H and O–H groups in total. The molecule has 1 aliphatic heterocycles. The van der Waals surface area contributed by atoms with Crippen molar-refractivity contribution in [2.75, 3.05) is 20.6 Å². The number of carbonyl (C=O) groups is 1. The second-order valence-electron chi connectivity index (χ2n) is 6.44. The van der Waals surface area contributed by atoms with E-state index in [9.17, 15) is 4.79 Å². The molecule has 0 aromatic heterocycles. The summed E-state index contributed by atoms with van der Waals surface area (Å²) < 4.78 is 11.7. The van der Waals surface area contributed by atoms with Gasteiger partial charge in [-0.3, -0.25) is 4.79 Å². The Morgan fingerprint density at radius 3 is 2.28 bits per heavy atom. The van der Waals surface area contributed by atoms with E-state index in [1.807, 2.05) is 63.5 Å². The van der Waals surface area contributed by atoms with Crippen LogP contribution in [0.1, 0.15) is 18.5 Å². The third kappa shape index (κ3) is 3.94. The van der Waals surface area contributed by atoms with Crippen molar-refractivity contribution in [2.45, 2.75) is 25.2 Å². The molecule has 0 fully saturated rings. The molecule has 2 aromatic carbocycles. The molecule has 0 bridgehead atoms. The fraction of sp³-hybridized carbons (Fsp3) is 0.350. The summed E-state index contributed by atoms with van der Waals surface area (Å²) in [6.07, 6.45) is -1.00. The summed E-state index contributed by atoms with van der Waals surface area (Å²) >= 11 is 0. The monoisotopic (exact) mass is 340 g/mol. The maximum absolute atomic E-state index is 12.6. The van der Waals surface area contributed by atoms with Gasteiger partial charge in [0.25, 0.3) is 5.91 Å². The average Bonchev–Trinajstić information content (AvgIpc) is 2.61. The van der Waals surface area contributed by atoms with Gasteiger partial charge in [0.2, 0.25) is 6.10 Å². The van der Waals surface area contributed by atoms with Crippen LogP contribution in [0, 0.1) is 0 Å². The summed E-state index contributed by atoms with van der Waals surface area (Å²) in [7, 11) is 4.01. The molecular weight excluding hydrogens is 316 g/mol. The molecule has 0 saturated heterocycles. The Bertz CT molecular complexity index is 718. The van der Waals surface area contributed by atoms with Crippen molar-refractivity contribution in [1.29, 1.82) is 0 Å². The molecule has 3 rings (SSSR count). The van der Waals surface area contributed by atoms with Gasteiger partial charge >= 0.3 is 0 Å². The minimum atomic E-state index is -0.659. The number of nitrogens with zero attached hydrogens (tertiary/aromatic N) is 1. The highest BCUT2D eigenvalue weighted by molar-refractivity contribution is 5.82. The van der Waals surface area contributed by atoms with Crippen LogP contribution in [0.5, 0.6) is 11.5 Å². The van der Waals surface area contributed by atoms with E-state index in [0.29, 0.717) is 18.0 Å². The minimum absolute atomic E-state index is 0.0947. The fourth-order valence-corrected chi connectivity index (χ4v) is 2.98. The molecule has 2 aromatic rings. The Hall–Kier alpha value is -2.53. The number of amides is 1. The van der Waals surface area contributed by atoms with E-state index >= 15 is 0 Å². The van der Waals surface area contributed by atoms with E-state index in [4.69, 9.17) is 9.47 Å². The van der Waals surface area contributed by atoms with E-state index in [2.05, 4.69) is 22.3 Å². The smallest absolute Gasteiger partial charge is 0.265 e. The van der Waals surface area contributed by atoms with Crippen molar-refractivity contribution in [1.82, 2.24) is 10.2 Å². The number of nitrogens with one attached hydrogen (secondary N) is 1. The van der Waals surface area contributed by atoms with Crippen LogP contribution in [-0.2, 0) is 4.79 Å². The molecule has 0 spiro atoms. The Balaban J connectivity index is 1.66. The summed E-state index contributed by atoms with van der Waals surface area (Å²) in [6.45, 7) is 2.35. The van der Waals surface area contributed by atoms with Gasteiger partial charge in [-0.25, -0.2) is 0 Å². The first-order valence-corrected chi connectivity index (χ1v) is 8.47. The van der Waals surface area contributed by atoms with Crippen LogP contribution >= 0.6 is 0 Å². The summed E-state index contributed by atoms with van der Waals surface area (Å²) in [5.74, 6) is 1.12. The highest BCUT2D eigenvalue weighted by Crippen LogP contribution is 2.33. The van der Waals surface area contributed by atoms with Crippen LogP contribution in [0.3, 0.4) is 0 Å². The van der Waals surface area contributed by atoms with Crippen LogP contribution in [0.25, 0.3) is 0 Å². The maximum atomic E-state index is 12.6. The first kappa shape index (κ1) is 17.3. The molecular formula is C20H24N2O3. The van der Waals surface area contributed by atoms with Crippen molar-refractivity contribution in [3.8, 4) is 11.5 Å². The molecule has 0 saturated carbocycles. The Labute approximate surface area is 148 Å². The van der Waals surface area contributed by atoms with Crippen LogP contribution in [0.2, 0.25) is 0 Å². The molecule has 5 nitrogen and oxygen atoms in total. The van der Waals surface area contributed by atoms with Gasteiger partial charge in [0.1, 0.15) is 6.10 Å². The highest BCUT2D eigenvalue weighted by atomic mass is 16.6. The molecule has 1 aliphatic rings. The number of para-hydroxylation sites is 2. The topological polar surface area (TPSA) is 50.8 Å². The predicted octanol–water partition coefficient (Wildman–Crippen LogP) is 2.63. The highest BCUT2D eigenvalue weighted by Gasteiger charge is 2.34. The van der Waals surface area contributed by atoms with Gasteiger partial charge in [0.05, 0.1) is 6.04 Å². The average molecular weight is 340 g/mol. The molecule has 5 heteroatoms. The lowest BCUT2D eigenvalue weighted by molar-refractivity contribution is -0.133. The van der Waals surface area contributed by atoms with Crippen LogP contribution < -0.4 is 14.8 Å². The van der Waals surface area contributed by atoms with Gasteiger partial charge < -0.3 is 19.7 Å². The molecule has 0 radical (unpaired) electrons. The molecule has 1 heterocycles. The van der Waals surface area contributed by atoms with Gasteiger partial charge in [-0.1, -0.05) is 42.5 Å². The molecule has 3 atom stereocenters. The lowest BCUT2D eigenvalue weighted by atomic mass is 10.1. The first-order chi connectivity index (χ1) is 12.1. The number of carbonyl (C=O) groups excluding carboxylic acids is 1. The zero-order valence-corrected chi connectivity index (χ0v) is 14.8. The summed E-state index contributed by atoms with van der Waals surface area (Å²) in [5.41, 5.74) is 1.16. The zero-order valence-electron chi connectivity index (χ0n) is 14.8. The Kier molecular flexibility index (Phi) is 5.24. The minimum Gasteiger partial charge on any atom is -0.482 e. The summed E-state index contributed by atoms with van der Waals surface area (Å²) in [4.78, 5) is 14.7. The number of likely N-dealkylation sites (N-methyl/N-ethyl adjacent to an activating group) is 1. The first-order valence-electron chi connectivity index (χ1n) is 8.47. The number of ether oxygens (including phenoxy) is 2. The lowest BCUT2D eigenvalue weighted by Gasteiger charge is -2.32. The Morgan fingerprint density at radius 2 is 1.64 bits per heavy atom. The van der Waals surface area contributed by atoms with Crippen LogP contribution in [0.15, 0.2) is 54.6 Å².